The molecule has 0 spiro atoms. The third kappa shape index (κ3) is 2.71. The van der Waals surface area contributed by atoms with Gasteiger partial charge in [-0.15, -0.1) is 11.6 Å². The second kappa shape index (κ2) is 6.00. The first-order chi connectivity index (χ1) is 9.41. The molecular formula is C14H19ClFNO2S. The minimum Gasteiger partial charge on any atom is -0.207 e. The molecule has 0 radical (unpaired) electrons. The molecule has 2 unspecified atom stereocenters. The lowest BCUT2D eigenvalue weighted by molar-refractivity contribution is 0.327. The Morgan fingerprint density at radius 1 is 1.40 bits per heavy atom. The van der Waals surface area contributed by atoms with Gasteiger partial charge in [-0.2, -0.15) is 4.31 Å². The molecule has 0 aliphatic carbocycles. The van der Waals surface area contributed by atoms with E-state index in [1.807, 2.05) is 13.8 Å². The zero-order valence-corrected chi connectivity index (χ0v) is 13.2. The van der Waals surface area contributed by atoms with Crippen molar-refractivity contribution in [3.8, 4) is 0 Å². The molecule has 1 fully saturated rings. The van der Waals surface area contributed by atoms with E-state index in [9.17, 15) is 12.8 Å². The Morgan fingerprint density at radius 3 is 2.65 bits per heavy atom. The smallest absolute Gasteiger partial charge is 0.207 e. The summed E-state index contributed by atoms with van der Waals surface area (Å²) < 4.78 is 40.9. The molecule has 1 aromatic rings. The number of hydrogen-bond donors (Lipinski definition) is 0. The van der Waals surface area contributed by atoms with E-state index in [0.717, 1.165) is 19.3 Å². The van der Waals surface area contributed by atoms with Crippen molar-refractivity contribution in [2.75, 3.05) is 0 Å². The number of hydrogen-bond acceptors (Lipinski definition) is 2. The van der Waals surface area contributed by atoms with Gasteiger partial charge >= 0.3 is 0 Å². The largest absolute Gasteiger partial charge is 0.246 e. The van der Waals surface area contributed by atoms with Crippen LogP contribution in [0.15, 0.2) is 23.1 Å². The average Bonchev–Trinajstić information content (AvgIpc) is 2.80. The lowest BCUT2D eigenvalue weighted by Gasteiger charge is -2.27. The van der Waals surface area contributed by atoms with E-state index in [1.54, 1.807) is 6.07 Å². The molecule has 1 saturated heterocycles. The van der Waals surface area contributed by atoms with E-state index < -0.39 is 15.8 Å². The molecule has 1 aliphatic heterocycles. The predicted molar refractivity (Wildman–Crippen MR) is 77.8 cm³/mol. The highest BCUT2D eigenvalue weighted by molar-refractivity contribution is 7.89. The Morgan fingerprint density at radius 2 is 2.10 bits per heavy atom. The fourth-order valence-corrected chi connectivity index (χ4v) is 4.98. The van der Waals surface area contributed by atoms with Crippen LogP contribution in [0.3, 0.4) is 0 Å². The maximum atomic E-state index is 14.1. The Bertz CT molecular complexity index is 591. The number of sulfonamides is 1. The van der Waals surface area contributed by atoms with Crippen LogP contribution in [0.25, 0.3) is 0 Å². The Labute approximate surface area is 124 Å². The highest BCUT2D eigenvalue weighted by Gasteiger charge is 2.40. The summed E-state index contributed by atoms with van der Waals surface area (Å²) in [6, 6.07) is 3.95. The fraction of sp³-hybridized carbons (Fsp3) is 0.571. The van der Waals surface area contributed by atoms with Crippen molar-refractivity contribution in [1.29, 1.82) is 0 Å². The summed E-state index contributed by atoms with van der Waals surface area (Å²) in [4.78, 5) is -0.251. The highest BCUT2D eigenvalue weighted by atomic mass is 35.5. The summed E-state index contributed by atoms with van der Waals surface area (Å²) in [7, 11) is -3.79. The van der Waals surface area contributed by atoms with E-state index in [2.05, 4.69) is 0 Å². The third-order valence-corrected chi connectivity index (χ3v) is 6.30. The van der Waals surface area contributed by atoms with Crippen LogP contribution in [0, 0.1) is 5.82 Å². The van der Waals surface area contributed by atoms with Gasteiger partial charge in [0.15, 0.2) is 0 Å². The van der Waals surface area contributed by atoms with Crippen molar-refractivity contribution in [3.63, 3.8) is 0 Å². The summed E-state index contributed by atoms with van der Waals surface area (Å²) in [6.45, 7) is 3.83. The van der Waals surface area contributed by atoms with Gasteiger partial charge in [0, 0.05) is 18.0 Å². The normalized spacial score (nSPS) is 24.2. The number of nitrogens with zero attached hydrogens (tertiary/aromatic N) is 1. The second-order valence-corrected chi connectivity index (χ2v) is 7.30. The number of halogens is 2. The van der Waals surface area contributed by atoms with Crippen LogP contribution in [0.1, 0.15) is 38.7 Å². The molecule has 0 amide bonds. The van der Waals surface area contributed by atoms with E-state index in [1.165, 1.54) is 16.4 Å². The molecule has 1 aliphatic rings. The number of benzene rings is 1. The molecular weight excluding hydrogens is 301 g/mol. The topological polar surface area (TPSA) is 37.4 Å². The molecule has 1 aromatic carbocycles. The van der Waals surface area contributed by atoms with Crippen molar-refractivity contribution in [2.45, 2.75) is 56.0 Å². The molecule has 2 rings (SSSR count). The van der Waals surface area contributed by atoms with E-state index in [4.69, 9.17) is 11.6 Å². The lowest BCUT2D eigenvalue weighted by atomic mass is 10.2. The molecule has 0 saturated carbocycles. The van der Waals surface area contributed by atoms with Crippen LogP contribution < -0.4 is 0 Å². The first kappa shape index (κ1) is 15.7. The van der Waals surface area contributed by atoms with Crippen LogP contribution in [-0.4, -0.2) is 24.8 Å². The Balaban J connectivity index is 2.44. The predicted octanol–water partition coefficient (Wildman–Crippen LogP) is 3.52. The quantitative estimate of drug-likeness (QED) is 0.796. The summed E-state index contributed by atoms with van der Waals surface area (Å²) in [6.07, 6.45) is 2.39. The van der Waals surface area contributed by atoms with E-state index in [0.29, 0.717) is 5.56 Å². The first-order valence-electron chi connectivity index (χ1n) is 6.79. The zero-order valence-electron chi connectivity index (χ0n) is 11.6. The van der Waals surface area contributed by atoms with E-state index in [-0.39, 0.29) is 22.9 Å². The molecule has 2 atom stereocenters. The molecule has 0 N–H and O–H groups in total. The van der Waals surface area contributed by atoms with Gasteiger partial charge in [-0.3, -0.25) is 0 Å². The van der Waals surface area contributed by atoms with Gasteiger partial charge in [0.05, 0.1) is 0 Å². The maximum Gasteiger partial charge on any atom is 0.246 e. The fourth-order valence-electron chi connectivity index (χ4n) is 2.82. The van der Waals surface area contributed by atoms with Gasteiger partial charge in [0.2, 0.25) is 10.0 Å². The molecule has 1 heterocycles. The first-order valence-corrected chi connectivity index (χ1v) is 8.77. The number of alkyl halides is 1. The van der Waals surface area contributed by atoms with Crippen LogP contribution in [0.2, 0.25) is 0 Å². The molecule has 0 aromatic heterocycles. The van der Waals surface area contributed by atoms with Crippen molar-refractivity contribution in [1.82, 2.24) is 4.31 Å². The maximum absolute atomic E-state index is 14.1. The van der Waals surface area contributed by atoms with Crippen molar-refractivity contribution < 1.29 is 12.8 Å². The average molecular weight is 320 g/mol. The summed E-state index contributed by atoms with van der Waals surface area (Å²) in [5.41, 5.74) is 0.574. The van der Waals surface area contributed by atoms with Gasteiger partial charge < -0.3 is 0 Å². The second-order valence-electron chi connectivity index (χ2n) is 5.22. The minimum atomic E-state index is -3.79. The lowest BCUT2D eigenvalue weighted by Crippen LogP contribution is -2.40. The van der Waals surface area contributed by atoms with Gasteiger partial charge in [0.25, 0.3) is 0 Å². The minimum absolute atomic E-state index is 0.0397. The van der Waals surface area contributed by atoms with E-state index >= 15 is 0 Å². The molecule has 3 nitrogen and oxygen atoms in total. The molecule has 20 heavy (non-hydrogen) atoms. The van der Waals surface area contributed by atoms with Crippen LogP contribution in [0.5, 0.6) is 0 Å². The number of rotatable bonds is 4. The molecule has 6 heteroatoms. The standard InChI is InChI=1S/C14H19ClFNO2S/c1-3-12-6-4-10(2)17(12)20(18,19)14-7-5-11(9-15)8-13(14)16/h5,7-8,10,12H,3-4,6,9H2,1-2H3. The van der Waals surface area contributed by atoms with Gasteiger partial charge in [-0.05, 0) is 43.9 Å². The van der Waals surface area contributed by atoms with Crippen molar-refractivity contribution >= 4 is 21.6 Å². The van der Waals surface area contributed by atoms with Crippen LogP contribution in [-0.2, 0) is 15.9 Å². The van der Waals surface area contributed by atoms with Crippen molar-refractivity contribution in [2.24, 2.45) is 0 Å². The van der Waals surface area contributed by atoms with Crippen molar-refractivity contribution in [3.05, 3.63) is 29.6 Å². The monoisotopic (exact) mass is 319 g/mol. The summed E-state index contributed by atoms with van der Waals surface area (Å²) in [5, 5.41) is 0. The zero-order chi connectivity index (χ0) is 14.9. The van der Waals surface area contributed by atoms with Crippen LogP contribution in [0.4, 0.5) is 4.39 Å². The van der Waals surface area contributed by atoms with Crippen LogP contribution >= 0.6 is 11.6 Å². The highest BCUT2D eigenvalue weighted by Crippen LogP contribution is 2.33. The van der Waals surface area contributed by atoms with Gasteiger partial charge in [-0.25, -0.2) is 12.8 Å². The Kier molecular flexibility index (Phi) is 4.72. The third-order valence-electron chi connectivity index (χ3n) is 3.89. The Hall–Kier alpha value is -0.650. The molecule has 112 valence electrons. The molecule has 0 bridgehead atoms. The van der Waals surface area contributed by atoms with Gasteiger partial charge in [-0.1, -0.05) is 13.0 Å². The summed E-state index contributed by atoms with van der Waals surface area (Å²) >= 11 is 5.63. The van der Waals surface area contributed by atoms with Gasteiger partial charge in [0.1, 0.15) is 10.7 Å². The SMILES string of the molecule is CCC1CCC(C)N1S(=O)(=O)c1ccc(CCl)cc1F. The summed E-state index contributed by atoms with van der Waals surface area (Å²) in [5.74, 6) is -0.563.